The van der Waals surface area contributed by atoms with E-state index in [4.69, 9.17) is 6.42 Å². The number of hydrogen-bond acceptors (Lipinski definition) is 3. The molecule has 3 heteroatoms. The van der Waals surface area contributed by atoms with Gasteiger partial charge in [-0.3, -0.25) is 9.69 Å². The Morgan fingerprint density at radius 2 is 2.33 bits per heavy atom. The second-order valence-corrected chi connectivity index (χ2v) is 2.62. The van der Waals surface area contributed by atoms with Crippen LogP contribution in [-0.2, 0) is 9.53 Å². The summed E-state index contributed by atoms with van der Waals surface area (Å²) >= 11 is 0. The standard InChI is InChI=1S/C9H15NO2/c1-4-5-6-7-10(2)8-9(11)12-3/h1H,5-8H2,2-3H3. The maximum atomic E-state index is 10.8. The first kappa shape index (κ1) is 11.0. The summed E-state index contributed by atoms with van der Waals surface area (Å²) in [6.45, 7) is 1.17. The summed E-state index contributed by atoms with van der Waals surface area (Å²) in [5.41, 5.74) is 0. The van der Waals surface area contributed by atoms with Gasteiger partial charge in [-0.05, 0) is 20.0 Å². The van der Waals surface area contributed by atoms with Gasteiger partial charge in [-0.25, -0.2) is 0 Å². The minimum absolute atomic E-state index is 0.210. The highest BCUT2D eigenvalue weighted by Gasteiger charge is 2.04. The second kappa shape index (κ2) is 6.68. The molecule has 0 spiro atoms. The summed E-state index contributed by atoms with van der Waals surface area (Å²) in [6.07, 6.45) is 6.76. The van der Waals surface area contributed by atoms with E-state index >= 15 is 0 Å². The van der Waals surface area contributed by atoms with E-state index in [9.17, 15) is 4.79 Å². The lowest BCUT2D eigenvalue weighted by molar-refractivity contribution is -0.141. The van der Waals surface area contributed by atoms with Gasteiger partial charge in [0.05, 0.1) is 13.7 Å². The lowest BCUT2D eigenvalue weighted by Crippen LogP contribution is -2.27. The number of nitrogens with zero attached hydrogens (tertiary/aromatic N) is 1. The largest absolute Gasteiger partial charge is 0.468 e. The molecular weight excluding hydrogens is 154 g/mol. The number of unbranched alkanes of at least 4 members (excludes halogenated alkanes) is 1. The summed E-state index contributed by atoms with van der Waals surface area (Å²) in [6, 6.07) is 0. The number of carbonyl (C=O) groups is 1. The van der Waals surface area contributed by atoms with E-state index in [1.165, 1.54) is 7.11 Å². The first-order chi connectivity index (χ1) is 5.70. The molecule has 0 unspecified atom stereocenters. The normalized spacial score (nSPS) is 9.50. The molecule has 0 heterocycles. The molecule has 0 N–H and O–H groups in total. The van der Waals surface area contributed by atoms with Crippen molar-refractivity contribution in [3.8, 4) is 12.3 Å². The van der Waals surface area contributed by atoms with Crippen molar-refractivity contribution in [2.75, 3.05) is 27.2 Å². The number of carbonyl (C=O) groups excluding carboxylic acids is 1. The first-order valence-corrected chi connectivity index (χ1v) is 3.89. The fraction of sp³-hybridized carbons (Fsp3) is 0.667. The van der Waals surface area contributed by atoms with Crippen LogP contribution in [-0.4, -0.2) is 38.1 Å². The Kier molecular flexibility index (Phi) is 6.12. The Balaban J connectivity index is 3.40. The van der Waals surface area contributed by atoms with Gasteiger partial charge in [0.2, 0.25) is 0 Å². The van der Waals surface area contributed by atoms with Crippen molar-refractivity contribution < 1.29 is 9.53 Å². The molecule has 0 aromatic rings. The molecule has 0 radical (unpaired) electrons. The van der Waals surface area contributed by atoms with Crippen molar-refractivity contribution >= 4 is 5.97 Å². The number of ether oxygens (including phenoxy) is 1. The van der Waals surface area contributed by atoms with Crippen molar-refractivity contribution in [3.05, 3.63) is 0 Å². The predicted molar refractivity (Wildman–Crippen MR) is 47.6 cm³/mol. The monoisotopic (exact) mass is 169 g/mol. The number of likely N-dealkylation sites (N-methyl/N-ethyl adjacent to an activating group) is 1. The quantitative estimate of drug-likeness (QED) is 0.341. The Hall–Kier alpha value is -1.01. The van der Waals surface area contributed by atoms with Crippen molar-refractivity contribution in [2.24, 2.45) is 0 Å². The molecule has 0 aliphatic carbocycles. The van der Waals surface area contributed by atoms with Crippen LogP contribution in [0.2, 0.25) is 0 Å². The smallest absolute Gasteiger partial charge is 0.319 e. The highest BCUT2D eigenvalue weighted by molar-refractivity contribution is 5.71. The number of methoxy groups -OCH3 is 1. The van der Waals surface area contributed by atoms with Gasteiger partial charge in [-0.2, -0.15) is 0 Å². The van der Waals surface area contributed by atoms with E-state index in [1.807, 2.05) is 11.9 Å². The molecule has 0 aromatic heterocycles. The molecule has 0 bridgehead atoms. The Bertz CT molecular complexity index is 172. The van der Waals surface area contributed by atoms with E-state index in [-0.39, 0.29) is 5.97 Å². The third-order valence-corrected chi connectivity index (χ3v) is 1.49. The van der Waals surface area contributed by atoms with Crippen molar-refractivity contribution in [1.82, 2.24) is 4.90 Å². The van der Waals surface area contributed by atoms with Crippen LogP contribution in [0.4, 0.5) is 0 Å². The number of esters is 1. The summed E-state index contributed by atoms with van der Waals surface area (Å²) in [5, 5.41) is 0. The molecule has 0 aromatic carbocycles. The zero-order chi connectivity index (χ0) is 9.40. The van der Waals surface area contributed by atoms with Gasteiger partial charge in [0.15, 0.2) is 0 Å². The molecular formula is C9H15NO2. The minimum Gasteiger partial charge on any atom is -0.468 e. The van der Waals surface area contributed by atoms with Crippen LogP contribution in [0.1, 0.15) is 12.8 Å². The van der Waals surface area contributed by atoms with Gasteiger partial charge in [0.25, 0.3) is 0 Å². The molecule has 0 aliphatic heterocycles. The summed E-state index contributed by atoms with van der Waals surface area (Å²) in [5.74, 6) is 2.34. The maximum Gasteiger partial charge on any atom is 0.319 e. The van der Waals surface area contributed by atoms with Crippen LogP contribution in [0, 0.1) is 12.3 Å². The van der Waals surface area contributed by atoms with E-state index in [0.29, 0.717) is 6.54 Å². The van der Waals surface area contributed by atoms with E-state index < -0.39 is 0 Å². The van der Waals surface area contributed by atoms with Gasteiger partial charge in [-0.15, -0.1) is 12.3 Å². The van der Waals surface area contributed by atoms with Crippen LogP contribution in [0.3, 0.4) is 0 Å². The molecule has 0 saturated carbocycles. The molecule has 0 atom stereocenters. The topological polar surface area (TPSA) is 29.5 Å². The van der Waals surface area contributed by atoms with Gasteiger partial charge >= 0.3 is 5.97 Å². The molecule has 0 amide bonds. The van der Waals surface area contributed by atoms with Crippen molar-refractivity contribution in [2.45, 2.75) is 12.8 Å². The van der Waals surface area contributed by atoms with Crippen LogP contribution >= 0.6 is 0 Å². The molecule has 0 fully saturated rings. The SMILES string of the molecule is C#CCCCN(C)CC(=O)OC. The minimum atomic E-state index is -0.210. The zero-order valence-corrected chi connectivity index (χ0v) is 7.67. The fourth-order valence-electron chi connectivity index (χ4n) is 0.815. The lowest BCUT2D eigenvalue weighted by atomic mass is 10.3. The molecule has 3 nitrogen and oxygen atoms in total. The predicted octanol–water partition coefficient (Wildman–Crippen LogP) is 0.505. The van der Waals surface area contributed by atoms with Gasteiger partial charge in [0, 0.05) is 6.42 Å². The average Bonchev–Trinajstić information content (AvgIpc) is 2.05. The van der Waals surface area contributed by atoms with Crippen molar-refractivity contribution in [3.63, 3.8) is 0 Å². The van der Waals surface area contributed by atoms with Crippen LogP contribution in [0.15, 0.2) is 0 Å². The van der Waals surface area contributed by atoms with Crippen molar-refractivity contribution in [1.29, 1.82) is 0 Å². The van der Waals surface area contributed by atoms with Gasteiger partial charge in [0.1, 0.15) is 0 Å². The van der Waals surface area contributed by atoms with Gasteiger partial charge < -0.3 is 4.74 Å². The highest BCUT2D eigenvalue weighted by atomic mass is 16.5. The highest BCUT2D eigenvalue weighted by Crippen LogP contribution is 1.91. The zero-order valence-electron chi connectivity index (χ0n) is 7.67. The van der Waals surface area contributed by atoms with E-state index in [1.54, 1.807) is 0 Å². The summed E-state index contributed by atoms with van der Waals surface area (Å²) < 4.78 is 4.51. The first-order valence-electron chi connectivity index (χ1n) is 3.89. The summed E-state index contributed by atoms with van der Waals surface area (Å²) in [4.78, 5) is 12.6. The summed E-state index contributed by atoms with van der Waals surface area (Å²) in [7, 11) is 3.26. The lowest BCUT2D eigenvalue weighted by Gasteiger charge is -2.13. The molecule has 0 saturated heterocycles. The van der Waals surface area contributed by atoms with E-state index in [2.05, 4.69) is 10.7 Å². The Morgan fingerprint density at radius 3 is 2.83 bits per heavy atom. The molecule has 0 rings (SSSR count). The Labute approximate surface area is 73.7 Å². The molecule has 12 heavy (non-hydrogen) atoms. The molecule has 68 valence electrons. The van der Waals surface area contributed by atoms with Gasteiger partial charge in [-0.1, -0.05) is 0 Å². The number of terminal acetylenes is 1. The van der Waals surface area contributed by atoms with Crippen LogP contribution in [0.5, 0.6) is 0 Å². The fourth-order valence-corrected chi connectivity index (χ4v) is 0.815. The van der Waals surface area contributed by atoms with Crippen LogP contribution in [0.25, 0.3) is 0 Å². The third-order valence-electron chi connectivity index (χ3n) is 1.49. The number of hydrogen-bond donors (Lipinski definition) is 0. The van der Waals surface area contributed by atoms with E-state index in [0.717, 1.165) is 19.4 Å². The third kappa shape index (κ3) is 5.75. The average molecular weight is 169 g/mol. The van der Waals surface area contributed by atoms with Crippen LogP contribution < -0.4 is 0 Å². The number of rotatable bonds is 5. The maximum absolute atomic E-state index is 10.8. The second-order valence-electron chi connectivity index (χ2n) is 2.62. The Morgan fingerprint density at radius 1 is 1.67 bits per heavy atom. The molecule has 0 aliphatic rings.